The quantitative estimate of drug-likeness (QED) is 0.508. The number of nitrogens with zero attached hydrogens (tertiary/aromatic N) is 3. The van der Waals surface area contributed by atoms with Gasteiger partial charge in [0.1, 0.15) is 5.82 Å². The van der Waals surface area contributed by atoms with Gasteiger partial charge in [0.25, 0.3) is 5.69 Å². The van der Waals surface area contributed by atoms with Crippen LogP contribution in [0, 0.1) is 10.1 Å². The van der Waals surface area contributed by atoms with Crippen molar-refractivity contribution in [1.82, 2.24) is 9.55 Å². The Balaban J connectivity index is 2.04. The Morgan fingerprint density at radius 3 is 2.44 bits per heavy atom. The van der Waals surface area contributed by atoms with E-state index in [1.165, 1.54) is 11.6 Å². The monoisotopic (exact) mass is 335 g/mol. The van der Waals surface area contributed by atoms with Crippen LogP contribution >= 0.6 is 0 Å². The number of aromatic nitrogens is 2. The molecule has 0 amide bonds. The van der Waals surface area contributed by atoms with Crippen molar-refractivity contribution in [2.45, 2.75) is 32.7 Å². The van der Waals surface area contributed by atoms with Crippen molar-refractivity contribution in [1.29, 1.82) is 0 Å². The maximum atomic E-state index is 11.0. The molecule has 3 aromatic rings. The zero-order chi connectivity index (χ0) is 18.0. The average Bonchev–Trinajstić information content (AvgIpc) is 3.00. The highest BCUT2D eigenvalue weighted by molar-refractivity contribution is 5.62. The predicted molar refractivity (Wildman–Crippen MR) is 98.6 cm³/mol. The molecule has 0 saturated carbocycles. The first-order valence-electron chi connectivity index (χ1n) is 8.21. The highest BCUT2D eigenvalue weighted by Gasteiger charge is 2.22. The summed E-state index contributed by atoms with van der Waals surface area (Å²) in [6, 6.07) is 16.8. The van der Waals surface area contributed by atoms with Gasteiger partial charge in [-0.05, 0) is 5.56 Å². The molecule has 0 unspecified atom stereocenters. The fourth-order valence-electron chi connectivity index (χ4n) is 2.83. The third kappa shape index (κ3) is 3.76. The van der Waals surface area contributed by atoms with E-state index in [1.54, 1.807) is 12.1 Å². The topological polar surface area (TPSA) is 61.0 Å². The zero-order valence-electron chi connectivity index (χ0n) is 14.6. The second kappa shape index (κ2) is 6.51. The molecule has 0 radical (unpaired) electrons. The van der Waals surface area contributed by atoms with E-state index in [1.807, 2.05) is 30.5 Å². The van der Waals surface area contributed by atoms with E-state index < -0.39 is 0 Å². The molecule has 0 bridgehead atoms. The van der Waals surface area contributed by atoms with Gasteiger partial charge in [-0.3, -0.25) is 10.1 Å². The lowest BCUT2D eigenvalue weighted by Gasteiger charge is -2.19. The minimum Gasteiger partial charge on any atom is -0.329 e. The van der Waals surface area contributed by atoms with Crippen LogP contribution in [0.3, 0.4) is 0 Å². The van der Waals surface area contributed by atoms with E-state index in [0.29, 0.717) is 0 Å². The van der Waals surface area contributed by atoms with Crippen LogP contribution in [0.1, 0.15) is 32.2 Å². The molecular formula is C20H21N3O2. The van der Waals surface area contributed by atoms with Crippen molar-refractivity contribution < 1.29 is 4.92 Å². The highest BCUT2D eigenvalue weighted by atomic mass is 16.6. The molecule has 1 aromatic heterocycles. The van der Waals surface area contributed by atoms with Crippen molar-refractivity contribution in [3.63, 3.8) is 0 Å². The molecule has 5 nitrogen and oxygen atoms in total. The third-order valence-corrected chi connectivity index (χ3v) is 4.00. The molecule has 0 aliphatic heterocycles. The van der Waals surface area contributed by atoms with Crippen LogP contribution < -0.4 is 0 Å². The largest absolute Gasteiger partial charge is 0.329 e. The first kappa shape index (κ1) is 16.9. The number of rotatable bonds is 4. The minimum atomic E-state index is -0.380. The van der Waals surface area contributed by atoms with Crippen molar-refractivity contribution in [3.05, 3.63) is 82.3 Å². The first-order valence-corrected chi connectivity index (χ1v) is 8.21. The summed E-state index contributed by atoms with van der Waals surface area (Å²) in [6.45, 7) is 7.07. The summed E-state index contributed by atoms with van der Waals surface area (Å²) >= 11 is 0. The van der Waals surface area contributed by atoms with Gasteiger partial charge >= 0.3 is 0 Å². The Hall–Kier alpha value is -2.95. The zero-order valence-corrected chi connectivity index (χ0v) is 14.6. The van der Waals surface area contributed by atoms with E-state index >= 15 is 0 Å². The summed E-state index contributed by atoms with van der Waals surface area (Å²) in [6.07, 6.45) is 1.98. The lowest BCUT2D eigenvalue weighted by molar-refractivity contribution is -0.384. The second-order valence-electron chi connectivity index (χ2n) is 7.12. The molecule has 1 heterocycles. The smallest absolute Gasteiger partial charge is 0.270 e. The highest BCUT2D eigenvalue weighted by Crippen LogP contribution is 2.28. The Morgan fingerprint density at radius 2 is 1.80 bits per heavy atom. The molecule has 25 heavy (non-hydrogen) atoms. The Labute approximate surface area is 147 Å². The van der Waals surface area contributed by atoms with E-state index in [4.69, 9.17) is 4.98 Å². The predicted octanol–water partition coefficient (Wildman–Crippen LogP) is 4.80. The molecule has 5 heteroatoms. The summed E-state index contributed by atoms with van der Waals surface area (Å²) in [7, 11) is 0. The fourth-order valence-corrected chi connectivity index (χ4v) is 2.83. The molecule has 3 rings (SSSR count). The number of nitro groups is 1. The van der Waals surface area contributed by atoms with Crippen LogP contribution in [-0.4, -0.2) is 14.5 Å². The van der Waals surface area contributed by atoms with Crippen LogP contribution in [0.15, 0.2) is 60.8 Å². The molecule has 0 fully saturated rings. The van der Waals surface area contributed by atoms with Crippen LogP contribution in [0.5, 0.6) is 0 Å². The Bertz CT molecular complexity index is 893. The summed E-state index contributed by atoms with van der Waals surface area (Å²) in [4.78, 5) is 15.4. The van der Waals surface area contributed by atoms with Crippen LogP contribution in [0.25, 0.3) is 11.3 Å². The van der Waals surface area contributed by atoms with Crippen molar-refractivity contribution in [2.24, 2.45) is 0 Å². The fraction of sp³-hybridized carbons (Fsp3) is 0.250. The normalized spacial score (nSPS) is 11.5. The lowest BCUT2D eigenvalue weighted by atomic mass is 9.95. The standard InChI is InChI=1S/C20H21N3O2/c1-20(2,3)19-21-18(16-10-7-11-17(12-16)23(24)25)14-22(19)13-15-8-5-4-6-9-15/h4-12,14H,13H2,1-3H3. The molecule has 0 N–H and O–H groups in total. The number of non-ortho nitro benzene ring substituents is 1. The SMILES string of the molecule is CC(C)(C)c1nc(-c2cccc([N+](=O)[O-])c2)cn1Cc1ccccc1. The summed E-state index contributed by atoms with van der Waals surface area (Å²) in [5, 5.41) is 11.0. The molecule has 2 aromatic carbocycles. The van der Waals surface area contributed by atoms with E-state index in [9.17, 15) is 10.1 Å². The maximum absolute atomic E-state index is 11.0. The van der Waals surface area contributed by atoms with Gasteiger partial charge in [0.15, 0.2) is 0 Å². The molecule has 0 aliphatic carbocycles. The number of hydrogen-bond donors (Lipinski definition) is 0. The summed E-state index contributed by atoms with van der Waals surface area (Å²) < 4.78 is 2.13. The number of hydrogen-bond acceptors (Lipinski definition) is 3. The minimum absolute atomic E-state index is 0.0763. The van der Waals surface area contributed by atoms with Gasteiger partial charge in [-0.25, -0.2) is 4.98 Å². The molecule has 0 spiro atoms. The van der Waals surface area contributed by atoms with Gasteiger partial charge in [-0.15, -0.1) is 0 Å². The summed E-state index contributed by atoms with van der Waals surface area (Å²) in [5.74, 6) is 0.956. The molecule has 0 aliphatic rings. The van der Waals surface area contributed by atoms with E-state index in [2.05, 4.69) is 37.5 Å². The second-order valence-corrected chi connectivity index (χ2v) is 7.12. The average molecular weight is 335 g/mol. The number of imidazole rings is 1. The first-order chi connectivity index (χ1) is 11.8. The van der Waals surface area contributed by atoms with E-state index in [-0.39, 0.29) is 16.0 Å². The van der Waals surface area contributed by atoms with Crippen molar-refractivity contribution >= 4 is 5.69 Å². The van der Waals surface area contributed by atoms with Gasteiger partial charge in [0, 0.05) is 35.9 Å². The van der Waals surface area contributed by atoms with Gasteiger partial charge in [-0.2, -0.15) is 0 Å². The van der Waals surface area contributed by atoms with E-state index in [0.717, 1.165) is 23.6 Å². The van der Waals surface area contributed by atoms with Gasteiger partial charge < -0.3 is 4.57 Å². The number of benzene rings is 2. The molecule has 0 atom stereocenters. The van der Waals surface area contributed by atoms with Crippen molar-refractivity contribution in [2.75, 3.05) is 0 Å². The Kier molecular flexibility index (Phi) is 4.40. The van der Waals surface area contributed by atoms with Crippen LogP contribution in [-0.2, 0) is 12.0 Å². The third-order valence-electron chi connectivity index (χ3n) is 4.00. The van der Waals surface area contributed by atoms with Crippen LogP contribution in [0.2, 0.25) is 0 Å². The Morgan fingerprint density at radius 1 is 1.08 bits per heavy atom. The van der Waals surface area contributed by atoms with Gasteiger partial charge in [-0.1, -0.05) is 63.2 Å². The van der Waals surface area contributed by atoms with Crippen LogP contribution in [0.4, 0.5) is 5.69 Å². The summed E-state index contributed by atoms with van der Waals surface area (Å²) in [5.41, 5.74) is 2.65. The molecule has 0 saturated heterocycles. The van der Waals surface area contributed by atoms with Crippen molar-refractivity contribution in [3.8, 4) is 11.3 Å². The molecule has 128 valence electrons. The van der Waals surface area contributed by atoms with Gasteiger partial charge in [0.05, 0.1) is 10.6 Å². The lowest BCUT2D eigenvalue weighted by Crippen LogP contribution is -2.19. The molecular weight excluding hydrogens is 314 g/mol. The number of nitro benzene ring substituents is 1. The maximum Gasteiger partial charge on any atom is 0.270 e. The van der Waals surface area contributed by atoms with Gasteiger partial charge in [0.2, 0.25) is 0 Å².